The predicted octanol–water partition coefficient (Wildman–Crippen LogP) is 6.42. The van der Waals surface area contributed by atoms with E-state index in [2.05, 4.69) is 20.9 Å². The van der Waals surface area contributed by atoms with Crippen LogP contribution in [0.25, 0.3) is 44.2 Å². The maximum Gasteiger partial charge on any atom is 0.196 e. The summed E-state index contributed by atoms with van der Waals surface area (Å²) in [5.41, 5.74) is 6.74. The van der Waals surface area contributed by atoms with Crippen LogP contribution in [0.1, 0.15) is 15.9 Å². The van der Waals surface area contributed by atoms with Gasteiger partial charge in [0, 0.05) is 38.1 Å². The summed E-state index contributed by atoms with van der Waals surface area (Å²) in [5.74, 6) is 0.0313. The fraction of sp³-hybridized carbons (Fsp3) is 0. The predicted molar refractivity (Wildman–Crippen MR) is 119 cm³/mol. The lowest BCUT2D eigenvalue weighted by Crippen LogP contribution is -2.01. The highest BCUT2D eigenvalue weighted by atomic mass is 79.9. The fourth-order valence-corrected chi connectivity index (χ4v) is 4.52. The van der Waals surface area contributed by atoms with E-state index in [0.717, 1.165) is 48.7 Å². The molecule has 2 aromatic heterocycles. The van der Waals surface area contributed by atoms with Gasteiger partial charge in [0.15, 0.2) is 5.78 Å². The molecule has 2 heterocycles. The molecular weight excluding hydrogens is 424 g/mol. The van der Waals surface area contributed by atoms with Crippen LogP contribution in [0.15, 0.2) is 83.5 Å². The molecule has 0 atom stereocenters. The summed E-state index contributed by atoms with van der Waals surface area (Å²) in [6.45, 7) is 0. The van der Waals surface area contributed by atoms with Crippen molar-refractivity contribution in [2.24, 2.45) is 0 Å². The van der Waals surface area contributed by atoms with E-state index >= 15 is 0 Å². The second kappa shape index (κ2) is 6.06. The summed E-state index contributed by atoms with van der Waals surface area (Å²) in [4.78, 5) is 22.9. The van der Waals surface area contributed by atoms with E-state index in [1.54, 1.807) is 6.20 Å². The molecule has 0 N–H and O–H groups in total. The lowest BCUT2D eigenvalue weighted by atomic mass is 9.91. The lowest BCUT2D eigenvalue weighted by Gasteiger charge is -2.14. The molecule has 4 heteroatoms. The topological polar surface area (TPSA) is 42.9 Å². The Kier molecular flexibility index (Phi) is 3.46. The van der Waals surface area contributed by atoms with Crippen molar-refractivity contribution in [2.75, 3.05) is 0 Å². The van der Waals surface area contributed by atoms with E-state index in [0.29, 0.717) is 11.1 Å². The van der Waals surface area contributed by atoms with Crippen LogP contribution in [0.2, 0.25) is 0 Å². The van der Waals surface area contributed by atoms with Gasteiger partial charge in [0.1, 0.15) is 0 Å². The smallest absolute Gasteiger partial charge is 0.196 e. The number of nitrogens with zero attached hydrogens (tertiary/aromatic N) is 2. The van der Waals surface area contributed by atoms with Crippen molar-refractivity contribution in [3.8, 4) is 22.4 Å². The molecule has 0 radical (unpaired) electrons. The van der Waals surface area contributed by atoms with Crippen LogP contribution in [0.4, 0.5) is 0 Å². The Morgan fingerprint density at radius 3 is 2.31 bits per heavy atom. The molecule has 1 aliphatic carbocycles. The van der Waals surface area contributed by atoms with Gasteiger partial charge in [0.25, 0.3) is 0 Å². The molecule has 3 aromatic carbocycles. The van der Waals surface area contributed by atoms with Crippen LogP contribution < -0.4 is 0 Å². The first-order valence-electron chi connectivity index (χ1n) is 9.34. The van der Waals surface area contributed by atoms with Crippen molar-refractivity contribution < 1.29 is 4.79 Å². The maximum absolute atomic E-state index is 13.5. The van der Waals surface area contributed by atoms with Crippen molar-refractivity contribution in [1.82, 2.24) is 9.97 Å². The van der Waals surface area contributed by atoms with E-state index in [4.69, 9.17) is 4.98 Å². The van der Waals surface area contributed by atoms with E-state index in [-0.39, 0.29) is 5.78 Å². The number of carbonyl (C=O) groups is 1. The largest absolute Gasteiger partial charge is 0.288 e. The van der Waals surface area contributed by atoms with E-state index in [1.165, 1.54) is 0 Å². The van der Waals surface area contributed by atoms with Gasteiger partial charge in [-0.05, 0) is 35.9 Å². The molecule has 0 amide bonds. The number of fused-ring (bicyclic) bond motifs is 6. The first-order chi connectivity index (χ1) is 14.2. The molecule has 6 rings (SSSR count). The summed E-state index contributed by atoms with van der Waals surface area (Å²) in [6.07, 6.45) is 1.79. The van der Waals surface area contributed by atoms with Crippen LogP contribution >= 0.6 is 15.9 Å². The molecule has 0 spiro atoms. The Balaban J connectivity index is 1.85. The third-order valence-electron chi connectivity index (χ3n) is 5.52. The van der Waals surface area contributed by atoms with Gasteiger partial charge in [-0.15, -0.1) is 0 Å². The average molecular weight is 437 g/mol. The standard InChI is InChI=1S/C25H13BrN2O/c26-15-9-7-14(8-10-15)21-22-18-6-3-13-27-19(18)11-12-20(22)28-24-16-4-1-2-5-17(16)25(29)23(21)24/h1-13H. The Bertz CT molecular complexity index is 1470. The number of hydrogen-bond donors (Lipinski definition) is 0. The zero-order valence-corrected chi connectivity index (χ0v) is 16.8. The first-order valence-corrected chi connectivity index (χ1v) is 10.1. The quantitative estimate of drug-likeness (QED) is 0.279. The van der Waals surface area contributed by atoms with Gasteiger partial charge in [-0.1, -0.05) is 58.4 Å². The monoisotopic (exact) mass is 436 g/mol. The van der Waals surface area contributed by atoms with Gasteiger partial charge in [-0.2, -0.15) is 0 Å². The molecule has 136 valence electrons. The van der Waals surface area contributed by atoms with Gasteiger partial charge in [-0.3, -0.25) is 9.78 Å². The van der Waals surface area contributed by atoms with E-state index in [9.17, 15) is 4.79 Å². The number of rotatable bonds is 1. The third-order valence-corrected chi connectivity index (χ3v) is 6.05. The molecule has 0 unspecified atom stereocenters. The molecule has 5 aromatic rings. The lowest BCUT2D eigenvalue weighted by molar-refractivity contribution is 0.104. The van der Waals surface area contributed by atoms with Crippen LogP contribution in [-0.2, 0) is 0 Å². The highest BCUT2D eigenvalue weighted by Gasteiger charge is 2.32. The second-order valence-corrected chi connectivity index (χ2v) is 8.04. The number of carbonyl (C=O) groups excluding carboxylic acids is 1. The van der Waals surface area contributed by atoms with Crippen LogP contribution in [0, 0.1) is 0 Å². The average Bonchev–Trinajstić information content (AvgIpc) is 3.05. The minimum Gasteiger partial charge on any atom is -0.288 e. The minimum atomic E-state index is 0.0313. The molecule has 0 saturated heterocycles. The molecule has 0 saturated carbocycles. The minimum absolute atomic E-state index is 0.0313. The normalized spacial score (nSPS) is 12.4. The van der Waals surface area contributed by atoms with Gasteiger partial charge >= 0.3 is 0 Å². The molecule has 3 nitrogen and oxygen atoms in total. The zero-order valence-electron chi connectivity index (χ0n) is 15.2. The molecule has 0 fully saturated rings. The van der Waals surface area contributed by atoms with Gasteiger partial charge < -0.3 is 0 Å². The summed E-state index contributed by atoms with van der Waals surface area (Å²) < 4.78 is 0.998. The van der Waals surface area contributed by atoms with Gasteiger partial charge in [-0.25, -0.2) is 4.98 Å². The van der Waals surface area contributed by atoms with Crippen molar-refractivity contribution in [3.63, 3.8) is 0 Å². The Hall–Kier alpha value is -3.37. The highest BCUT2D eigenvalue weighted by Crippen LogP contribution is 2.45. The summed E-state index contributed by atoms with van der Waals surface area (Å²) in [7, 11) is 0. The number of benzene rings is 3. The number of ketones is 1. The molecule has 1 aliphatic rings. The molecular formula is C25H13BrN2O. The van der Waals surface area contributed by atoms with Crippen LogP contribution in [-0.4, -0.2) is 15.8 Å². The highest BCUT2D eigenvalue weighted by molar-refractivity contribution is 9.10. The fourth-order valence-electron chi connectivity index (χ4n) is 4.26. The van der Waals surface area contributed by atoms with Crippen LogP contribution in [0.3, 0.4) is 0 Å². The molecule has 29 heavy (non-hydrogen) atoms. The Labute approximate surface area is 175 Å². The van der Waals surface area contributed by atoms with Gasteiger partial charge in [0.2, 0.25) is 0 Å². The van der Waals surface area contributed by atoms with Gasteiger partial charge in [0.05, 0.1) is 22.3 Å². The van der Waals surface area contributed by atoms with Crippen molar-refractivity contribution >= 4 is 43.5 Å². The second-order valence-electron chi connectivity index (χ2n) is 7.12. The van der Waals surface area contributed by atoms with E-state index in [1.807, 2.05) is 72.8 Å². The van der Waals surface area contributed by atoms with Crippen molar-refractivity contribution in [3.05, 3.63) is 94.6 Å². The van der Waals surface area contributed by atoms with Crippen molar-refractivity contribution in [1.29, 1.82) is 0 Å². The third kappa shape index (κ3) is 2.33. The maximum atomic E-state index is 13.5. The van der Waals surface area contributed by atoms with Crippen molar-refractivity contribution in [2.45, 2.75) is 0 Å². The zero-order chi connectivity index (χ0) is 19.5. The summed E-state index contributed by atoms with van der Waals surface area (Å²) >= 11 is 3.52. The first kappa shape index (κ1) is 16.6. The number of pyridine rings is 2. The molecule has 0 aliphatic heterocycles. The number of halogens is 1. The summed E-state index contributed by atoms with van der Waals surface area (Å²) in [5, 5.41) is 1.97. The number of aromatic nitrogens is 2. The van der Waals surface area contributed by atoms with E-state index < -0.39 is 0 Å². The Morgan fingerprint density at radius 2 is 1.48 bits per heavy atom. The molecule has 0 bridgehead atoms. The Morgan fingerprint density at radius 1 is 0.724 bits per heavy atom. The van der Waals surface area contributed by atoms with Crippen LogP contribution in [0.5, 0.6) is 0 Å². The SMILES string of the molecule is O=C1c2ccccc2-c2nc3ccc4ncccc4c3c(-c3ccc(Br)cc3)c21. The number of hydrogen-bond acceptors (Lipinski definition) is 3. The summed E-state index contributed by atoms with van der Waals surface area (Å²) in [6, 6.07) is 23.8.